The zero-order valence-corrected chi connectivity index (χ0v) is 19.2. The summed E-state index contributed by atoms with van der Waals surface area (Å²) < 4.78 is 27.5. The van der Waals surface area contributed by atoms with E-state index in [1.807, 2.05) is 0 Å². The van der Waals surface area contributed by atoms with Crippen LogP contribution in [0.3, 0.4) is 0 Å². The Morgan fingerprint density at radius 2 is 1.62 bits per heavy atom. The quantitative estimate of drug-likeness (QED) is 0.187. The molecule has 2 fully saturated rings. The number of hydrogen-bond acceptors (Lipinski definition) is 13. The lowest BCUT2D eigenvalue weighted by atomic mass is 9.99. The number of rotatable bonds is 5. The van der Waals surface area contributed by atoms with Crippen molar-refractivity contribution in [3.63, 3.8) is 0 Å². The van der Waals surface area contributed by atoms with Crippen LogP contribution in [0.2, 0.25) is 0 Å². The minimum Gasteiger partial charge on any atom is -0.507 e. The van der Waals surface area contributed by atoms with E-state index in [1.165, 1.54) is 30.3 Å². The lowest BCUT2D eigenvalue weighted by Crippen LogP contribution is -2.61. The highest BCUT2D eigenvalue weighted by Gasteiger charge is 2.46. The van der Waals surface area contributed by atoms with E-state index in [0.29, 0.717) is 0 Å². The first-order valence-electron chi connectivity index (χ1n) is 11.5. The molecule has 7 N–H and O–H groups in total. The predicted octanol–water partition coefficient (Wildman–Crippen LogP) is -1.71. The topological polar surface area (TPSA) is 209 Å². The standard InChI is InChI=1S/C24H26O13/c25-11-2-1-3-14-16(11)17(27)10-6-9(4-5-13(10)36-14)35-24-22(32)20(30)19(29)15(37-24)8-34-23-21(31)18(28)12(26)7-33-23/h1-6,12,15,18-26,28-32H,7-8H2. The summed E-state index contributed by atoms with van der Waals surface area (Å²) in [6, 6.07) is 8.66. The molecule has 200 valence electrons. The number of phenols is 1. The van der Waals surface area contributed by atoms with Crippen LogP contribution in [0.1, 0.15) is 0 Å². The molecule has 0 aliphatic carbocycles. The van der Waals surface area contributed by atoms with E-state index < -0.39 is 67.3 Å². The fourth-order valence-corrected chi connectivity index (χ4v) is 4.34. The van der Waals surface area contributed by atoms with Gasteiger partial charge in [0.25, 0.3) is 0 Å². The van der Waals surface area contributed by atoms with Crippen molar-refractivity contribution in [1.82, 2.24) is 0 Å². The summed E-state index contributed by atoms with van der Waals surface area (Å²) in [7, 11) is 0. The van der Waals surface area contributed by atoms with Crippen molar-refractivity contribution in [3.05, 3.63) is 46.6 Å². The van der Waals surface area contributed by atoms with Crippen LogP contribution in [-0.2, 0) is 14.2 Å². The number of fused-ring (bicyclic) bond motifs is 2. The Morgan fingerprint density at radius 3 is 2.41 bits per heavy atom. The molecule has 3 aromatic rings. The Balaban J connectivity index is 1.34. The molecule has 2 aliphatic rings. The molecule has 2 saturated heterocycles. The van der Waals surface area contributed by atoms with Gasteiger partial charge in [-0.05, 0) is 30.3 Å². The number of phenolic OH excluding ortho intramolecular Hbond substituents is 1. The normalized spacial score (nSPS) is 34.6. The third-order valence-electron chi connectivity index (χ3n) is 6.45. The van der Waals surface area contributed by atoms with Gasteiger partial charge in [0.1, 0.15) is 70.8 Å². The van der Waals surface area contributed by atoms with Crippen LogP contribution in [0.5, 0.6) is 11.5 Å². The van der Waals surface area contributed by atoms with Crippen molar-refractivity contribution in [3.8, 4) is 11.5 Å². The molecule has 1 aromatic heterocycles. The Kier molecular flexibility index (Phi) is 7.06. The van der Waals surface area contributed by atoms with Gasteiger partial charge < -0.3 is 59.1 Å². The van der Waals surface area contributed by atoms with Crippen LogP contribution < -0.4 is 10.2 Å². The predicted molar refractivity (Wildman–Crippen MR) is 123 cm³/mol. The number of aliphatic hydroxyl groups is 6. The first kappa shape index (κ1) is 25.8. The summed E-state index contributed by atoms with van der Waals surface area (Å²) in [6.45, 7) is -0.741. The van der Waals surface area contributed by atoms with E-state index >= 15 is 0 Å². The average Bonchev–Trinajstić information content (AvgIpc) is 2.88. The molecule has 37 heavy (non-hydrogen) atoms. The van der Waals surface area contributed by atoms with Crippen LogP contribution >= 0.6 is 0 Å². The molecule has 9 atom stereocenters. The molecule has 9 unspecified atom stereocenters. The lowest BCUT2D eigenvalue weighted by molar-refractivity contribution is -0.307. The Bertz CT molecular complexity index is 1330. The molecule has 0 bridgehead atoms. The molecule has 0 spiro atoms. The second-order valence-electron chi connectivity index (χ2n) is 8.96. The van der Waals surface area contributed by atoms with E-state index in [-0.39, 0.29) is 40.0 Å². The van der Waals surface area contributed by atoms with E-state index in [9.17, 15) is 40.5 Å². The van der Waals surface area contributed by atoms with Crippen LogP contribution in [-0.4, -0.2) is 104 Å². The number of aromatic hydroxyl groups is 1. The van der Waals surface area contributed by atoms with Gasteiger partial charge in [-0.2, -0.15) is 0 Å². The fourth-order valence-electron chi connectivity index (χ4n) is 4.34. The molecule has 13 nitrogen and oxygen atoms in total. The van der Waals surface area contributed by atoms with Gasteiger partial charge in [-0.15, -0.1) is 0 Å². The number of hydrogen-bond donors (Lipinski definition) is 7. The molecular weight excluding hydrogens is 496 g/mol. The van der Waals surface area contributed by atoms with Crippen LogP contribution in [0.15, 0.2) is 45.6 Å². The first-order chi connectivity index (χ1) is 17.7. The minimum atomic E-state index is -1.71. The number of benzene rings is 2. The van der Waals surface area contributed by atoms with E-state index in [0.717, 1.165) is 0 Å². The van der Waals surface area contributed by atoms with Crippen molar-refractivity contribution in [2.45, 2.75) is 55.3 Å². The molecule has 2 aliphatic heterocycles. The largest absolute Gasteiger partial charge is 0.507 e. The zero-order chi connectivity index (χ0) is 26.4. The maximum atomic E-state index is 13.0. The summed E-state index contributed by atoms with van der Waals surface area (Å²) in [5.41, 5.74) is -0.0862. The molecule has 13 heteroatoms. The highest BCUT2D eigenvalue weighted by molar-refractivity contribution is 5.93. The highest BCUT2D eigenvalue weighted by atomic mass is 16.7. The summed E-state index contributed by atoms with van der Waals surface area (Å²) >= 11 is 0. The Morgan fingerprint density at radius 1 is 0.865 bits per heavy atom. The van der Waals surface area contributed by atoms with Gasteiger partial charge in [-0.3, -0.25) is 4.79 Å². The maximum absolute atomic E-state index is 13.0. The van der Waals surface area contributed by atoms with E-state index in [1.54, 1.807) is 6.07 Å². The Labute approximate surface area is 208 Å². The van der Waals surface area contributed by atoms with Gasteiger partial charge >= 0.3 is 0 Å². The third kappa shape index (κ3) is 4.77. The molecule has 0 radical (unpaired) electrons. The molecule has 0 saturated carbocycles. The maximum Gasteiger partial charge on any atom is 0.229 e. The Hall–Kier alpha value is -2.85. The number of aliphatic hydroxyl groups excluding tert-OH is 6. The monoisotopic (exact) mass is 522 g/mol. The van der Waals surface area contributed by atoms with E-state index in [2.05, 4.69) is 0 Å². The third-order valence-corrected chi connectivity index (χ3v) is 6.45. The van der Waals surface area contributed by atoms with Crippen molar-refractivity contribution < 1.29 is 59.1 Å². The lowest BCUT2D eigenvalue weighted by Gasteiger charge is -2.41. The van der Waals surface area contributed by atoms with Gasteiger partial charge in [-0.1, -0.05) is 6.07 Å². The van der Waals surface area contributed by atoms with Crippen molar-refractivity contribution >= 4 is 21.9 Å². The smallest absolute Gasteiger partial charge is 0.229 e. The van der Waals surface area contributed by atoms with Crippen LogP contribution in [0, 0.1) is 0 Å². The number of ether oxygens (including phenoxy) is 4. The minimum absolute atomic E-state index is 0.0124. The van der Waals surface area contributed by atoms with Crippen LogP contribution in [0.4, 0.5) is 0 Å². The van der Waals surface area contributed by atoms with Gasteiger partial charge in [0.05, 0.1) is 18.6 Å². The van der Waals surface area contributed by atoms with Gasteiger partial charge in [0.15, 0.2) is 6.29 Å². The van der Waals surface area contributed by atoms with Gasteiger partial charge in [0, 0.05) is 0 Å². The SMILES string of the molecule is O=c1c2cc(OC3OC(COC4OCC(O)C(O)C4O)C(O)C(O)C3O)ccc2oc2cccc(O)c12. The average molecular weight is 522 g/mol. The summed E-state index contributed by atoms with van der Waals surface area (Å²) in [4.78, 5) is 13.0. The molecule has 0 amide bonds. The molecular formula is C24H26O13. The van der Waals surface area contributed by atoms with Gasteiger partial charge in [0.2, 0.25) is 11.7 Å². The molecule has 3 heterocycles. The second kappa shape index (κ2) is 10.1. The van der Waals surface area contributed by atoms with Crippen molar-refractivity contribution in [2.75, 3.05) is 13.2 Å². The van der Waals surface area contributed by atoms with Crippen molar-refractivity contribution in [2.24, 2.45) is 0 Å². The van der Waals surface area contributed by atoms with Gasteiger partial charge in [-0.25, -0.2) is 0 Å². The first-order valence-corrected chi connectivity index (χ1v) is 11.5. The fraction of sp³-hybridized carbons (Fsp3) is 0.458. The highest BCUT2D eigenvalue weighted by Crippen LogP contribution is 2.30. The second-order valence-corrected chi connectivity index (χ2v) is 8.96. The summed E-state index contributed by atoms with van der Waals surface area (Å²) in [5.74, 6) is -0.190. The summed E-state index contributed by atoms with van der Waals surface area (Å²) in [5, 5.41) is 70.6. The van der Waals surface area contributed by atoms with Crippen LogP contribution in [0.25, 0.3) is 21.9 Å². The molecule has 2 aromatic carbocycles. The van der Waals surface area contributed by atoms with Crippen molar-refractivity contribution in [1.29, 1.82) is 0 Å². The molecule has 5 rings (SSSR count). The zero-order valence-electron chi connectivity index (χ0n) is 19.2. The van der Waals surface area contributed by atoms with E-state index in [4.69, 9.17) is 23.4 Å². The summed E-state index contributed by atoms with van der Waals surface area (Å²) in [6.07, 6.45) is -13.5.